The molecule has 1 aliphatic heterocycles. The molecule has 2 N–H and O–H groups in total. The Kier molecular flexibility index (Phi) is 5.96. The maximum atomic E-state index is 12.2. The van der Waals surface area contributed by atoms with E-state index < -0.39 is 6.04 Å². The van der Waals surface area contributed by atoms with Crippen LogP contribution in [-0.4, -0.2) is 65.3 Å². The molecular formula is C23H25N7O. The van der Waals surface area contributed by atoms with Crippen molar-refractivity contribution >= 4 is 11.6 Å². The first-order chi connectivity index (χ1) is 15.0. The zero-order valence-corrected chi connectivity index (χ0v) is 17.7. The summed E-state index contributed by atoms with van der Waals surface area (Å²) in [5, 5.41) is 18.9. The number of rotatable bonds is 5. The third-order valence-electron chi connectivity index (χ3n) is 5.41. The number of hydrogen-bond donors (Lipinski definition) is 2. The van der Waals surface area contributed by atoms with Gasteiger partial charge in [-0.25, -0.2) is 4.98 Å². The highest BCUT2D eigenvalue weighted by Crippen LogP contribution is 2.25. The minimum absolute atomic E-state index is 0.251. The highest BCUT2D eigenvalue weighted by Gasteiger charge is 2.15. The number of aromatic nitrogens is 3. The van der Waals surface area contributed by atoms with E-state index in [1.807, 2.05) is 12.1 Å². The van der Waals surface area contributed by atoms with Crippen molar-refractivity contribution in [3.05, 3.63) is 54.2 Å². The fraction of sp³-hybridized carbons (Fsp3) is 0.304. The maximum absolute atomic E-state index is 12.2. The van der Waals surface area contributed by atoms with Crippen LogP contribution in [0.25, 0.3) is 22.6 Å². The molecule has 8 heteroatoms. The van der Waals surface area contributed by atoms with Crippen molar-refractivity contribution in [3.8, 4) is 28.7 Å². The van der Waals surface area contributed by atoms with Crippen LogP contribution in [0.1, 0.15) is 17.4 Å². The smallest absolute Gasteiger partial charge is 0.270 e. The molecule has 0 radical (unpaired) electrons. The number of nitrogens with one attached hydrogen (secondary N) is 2. The molecule has 1 unspecified atom stereocenters. The van der Waals surface area contributed by atoms with Crippen LogP contribution in [0, 0.1) is 11.3 Å². The number of benzene rings is 1. The first-order valence-electron chi connectivity index (χ1n) is 10.3. The molecule has 1 saturated heterocycles. The summed E-state index contributed by atoms with van der Waals surface area (Å²) in [7, 11) is 2.15. The molecule has 8 nitrogen and oxygen atoms in total. The zero-order valence-electron chi connectivity index (χ0n) is 17.7. The lowest BCUT2D eigenvalue weighted by Crippen LogP contribution is -2.44. The molecule has 0 saturated carbocycles. The quantitative estimate of drug-likeness (QED) is 0.664. The summed E-state index contributed by atoms with van der Waals surface area (Å²) in [6, 6.07) is 17.0. The number of amides is 1. The number of H-pyrrole nitrogens is 1. The van der Waals surface area contributed by atoms with Crippen molar-refractivity contribution in [3.63, 3.8) is 0 Å². The van der Waals surface area contributed by atoms with Crippen LogP contribution in [0.5, 0.6) is 0 Å². The predicted octanol–water partition coefficient (Wildman–Crippen LogP) is 2.53. The third kappa shape index (κ3) is 4.73. The summed E-state index contributed by atoms with van der Waals surface area (Å²) in [4.78, 5) is 21.4. The fourth-order valence-corrected chi connectivity index (χ4v) is 3.52. The molecule has 1 aliphatic rings. The second-order valence-electron chi connectivity index (χ2n) is 7.74. The summed E-state index contributed by atoms with van der Waals surface area (Å²) < 4.78 is 0. The van der Waals surface area contributed by atoms with Crippen molar-refractivity contribution < 1.29 is 4.79 Å². The van der Waals surface area contributed by atoms with Crippen LogP contribution >= 0.6 is 0 Å². The molecule has 1 aromatic carbocycles. The number of nitriles is 1. The highest BCUT2D eigenvalue weighted by atomic mass is 16.1. The number of pyridine rings is 1. The Hall–Kier alpha value is -3.70. The first-order valence-corrected chi connectivity index (χ1v) is 10.3. The maximum Gasteiger partial charge on any atom is 0.270 e. The van der Waals surface area contributed by atoms with Gasteiger partial charge in [0.25, 0.3) is 5.91 Å². The number of aromatic amines is 1. The zero-order chi connectivity index (χ0) is 21.8. The van der Waals surface area contributed by atoms with Crippen LogP contribution in [-0.2, 0) is 0 Å². The molecule has 3 heterocycles. The van der Waals surface area contributed by atoms with Crippen LogP contribution in [0.2, 0.25) is 0 Å². The number of hydrogen-bond acceptors (Lipinski definition) is 6. The second kappa shape index (κ2) is 8.98. The lowest BCUT2D eigenvalue weighted by Gasteiger charge is -2.34. The normalized spacial score (nSPS) is 15.3. The standard InChI is InChI=1S/C23H25N7O/c1-16(15-24)25-23(31)20-5-3-4-19(26-20)22-14-21(27-28-22)17-6-8-18(9-7-17)30-12-10-29(2)11-13-30/h3-9,14,16H,10-13H2,1-2H3,(H,25,31)(H,27,28). The molecule has 0 aliphatic carbocycles. The van der Waals surface area contributed by atoms with Gasteiger partial charge in [-0.3, -0.25) is 9.89 Å². The van der Waals surface area contributed by atoms with Gasteiger partial charge >= 0.3 is 0 Å². The van der Waals surface area contributed by atoms with Gasteiger partial charge in [-0.2, -0.15) is 10.4 Å². The minimum Gasteiger partial charge on any atom is -0.369 e. The van der Waals surface area contributed by atoms with Crippen LogP contribution in [0.15, 0.2) is 48.5 Å². The van der Waals surface area contributed by atoms with Crippen LogP contribution in [0.4, 0.5) is 5.69 Å². The Bertz CT molecular complexity index is 1090. The van der Waals surface area contributed by atoms with Gasteiger partial charge in [-0.1, -0.05) is 18.2 Å². The van der Waals surface area contributed by atoms with Crippen molar-refractivity contribution in [1.82, 2.24) is 25.4 Å². The number of nitrogens with zero attached hydrogens (tertiary/aromatic N) is 5. The minimum atomic E-state index is -0.580. The van der Waals surface area contributed by atoms with Crippen molar-refractivity contribution in [2.75, 3.05) is 38.1 Å². The molecule has 0 bridgehead atoms. The number of carbonyl (C=O) groups excluding carboxylic acids is 1. The van der Waals surface area contributed by atoms with E-state index in [-0.39, 0.29) is 11.6 Å². The van der Waals surface area contributed by atoms with Crippen molar-refractivity contribution in [2.24, 2.45) is 0 Å². The lowest BCUT2D eigenvalue weighted by molar-refractivity contribution is 0.0943. The predicted molar refractivity (Wildman–Crippen MR) is 120 cm³/mol. The number of likely N-dealkylation sites (N-methyl/N-ethyl adjacent to an activating group) is 1. The Morgan fingerprint density at radius 2 is 1.87 bits per heavy atom. The van der Waals surface area contributed by atoms with Crippen LogP contribution in [0.3, 0.4) is 0 Å². The first kappa shape index (κ1) is 20.6. The van der Waals surface area contributed by atoms with E-state index in [1.165, 1.54) is 5.69 Å². The molecular weight excluding hydrogens is 390 g/mol. The molecule has 0 spiro atoms. The van der Waals surface area contributed by atoms with Gasteiger partial charge < -0.3 is 15.1 Å². The van der Waals surface area contributed by atoms with E-state index in [4.69, 9.17) is 5.26 Å². The summed E-state index contributed by atoms with van der Waals surface area (Å²) in [6.45, 7) is 5.84. The number of anilines is 1. The molecule has 158 valence electrons. The molecule has 2 aromatic heterocycles. The van der Waals surface area contributed by atoms with Gasteiger partial charge in [-0.15, -0.1) is 0 Å². The third-order valence-corrected chi connectivity index (χ3v) is 5.41. The van der Waals surface area contributed by atoms with Gasteiger partial charge in [0.15, 0.2) is 0 Å². The van der Waals surface area contributed by atoms with E-state index >= 15 is 0 Å². The summed E-state index contributed by atoms with van der Waals surface area (Å²) in [5.41, 5.74) is 4.64. The van der Waals surface area contributed by atoms with E-state index in [0.29, 0.717) is 11.4 Å². The van der Waals surface area contributed by atoms with Crippen LogP contribution < -0.4 is 10.2 Å². The van der Waals surface area contributed by atoms with Gasteiger partial charge in [-0.05, 0) is 49.9 Å². The van der Waals surface area contributed by atoms with Gasteiger partial charge in [0.05, 0.1) is 17.5 Å². The Morgan fingerprint density at radius 1 is 1.13 bits per heavy atom. The molecule has 3 aromatic rings. The molecule has 1 atom stereocenters. The van der Waals surface area contributed by atoms with Gasteiger partial charge in [0.1, 0.15) is 17.4 Å². The summed E-state index contributed by atoms with van der Waals surface area (Å²) in [5.74, 6) is -0.383. The molecule has 1 fully saturated rings. The largest absolute Gasteiger partial charge is 0.369 e. The topological polar surface area (TPSA) is 101 Å². The average Bonchev–Trinajstić information content (AvgIpc) is 3.30. The van der Waals surface area contributed by atoms with E-state index in [0.717, 1.165) is 37.4 Å². The summed E-state index contributed by atoms with van der Waals surface area (Å²) in [6.07, 6.45) is 0. The lowest BCUT2D eigenvalue weighted by atomic mass is 10.1. The fourth-order valence-electron chi connectivity index (χ4n) is 3.52. The van der Waals surface area contributed by atoms with Crippen molar-refractivity contribution in [2.45, 2.75) is 13.0 Å². The molecule has 4 rings (SSSR count). The Labute approximate surface area is 181 Å². The van der Waals surface area contributed by atoms with E-state index in [2.05, 4.69) is 61.6 Å². The molecule has 1 amide bonds. The van der Waals surface area contributed by atoms with E-state index in [1.54, 1.807) is 25.1 Å². The van der Waals surface area contributed by atoms with Gasteiger partial charge in [0, 0.05) is 31.9 Å². The Morgan fingerprint density at radius 3 is 2.58 bits per heavy atom. The van der Waals surface area contributed by atoms with E-state index in [9.17, 15) is 4.79 Å². The summed E-state index contributed by atoms with van der Waals surface area (Å²) >= 11 is 0. The Balaban J connectivity index is 1.49. The monoisotopic (exact) mass is 415 g/mol. The molecule has 31 heavy (non-hydrogen) atoms. The van der Waals surface area contributed by atoms with Gasteiger partial charge in [0.2, 0.25) is 0 Å². The second-order valence-corrected chi connectivity index (χ2v) is 7.74. The average molecular weight is 416 g/mol. The SMILES string of the molecule is CC(C#N)NC(=O)c1cccc(-c2cc(-c3ccc(N4CCN(C)CC4)cc3)[nH]n2)n1. The van der Waals surface area contributed by atoms with Crippen molar-refractivity contribution in [1.29, 1.82) is 5.26 Å². The number of carbonyl (C=O) groups is 1. The highest BCUT2D eigenvalue weighted by molar-refractivity contribution is 5.93. The number of piperazine rings is 1.